The van der Waals surface area contributed by atoms with Gasteiger partial charge in [-0.15, -0.1) is 0 Å². The van der Waals surface area contributed by atoms with E-state index < -0.39 is 11.9 Å². The van der Waals surface area contributed by atoms with E-state index in [-0.39, 0.29) is 39.9 Å². The predicted octanol–water partition coefficient (Wildman–Crippen LogP) is 4.57. The van der Waals surface area contributed by atoms with E-state index >= 15 is 0 Å². The summed E-state index contributed by atoms with van der Waals surface area (Å²) >= 11 is 0. The highest BCUT2D eigenvalue weighted by atomic mass is 16.5. The van der Waals surface area contributed by atoms with Gasteiger partial charge in [0.25, 0.3) is 0 Å². The lowest BCUT2D eigenvalue weighted by atomic mass is 9.86. The molecule has 1 unspecified atom stereocenters. The summed E-state index contributed by atoms with van der Waals surface area (Å²) in [7, 11) is 2.80. The summed E-state index contributed by atoms with van der Waals surface area (Å²) in [4.78, 5) is 25.6. The molecule has 0 aliphatic rings. The molecule has 0 aliphatic carbocycles. The SMILES string of the molecule is COC(=O)CC(c1ccccc1OC)c1c(O)ccc2c(=O)c(-c3ccc(O)cc3)coc12. The number of ether oxygens (including phenoxy) is 2. The molecule has 4 rings (SSSR count). The van der Waals surface area contributed by atoms with Crippen LogP contribution in [0.15, 0.2) is 76.1 Å². The Balaban J connectivity index is 1.96. The molecule has 1 aromatic heterocycles. The van der Waals surface area contributed by atoms with Crippen molar-refractivity contribution in [2.45, 2.75) is 12.3 Å². The van der Waals surface area contributed by atoms with E-state index in [1.165, 1.54) is 44.7 Å². The van der Waals surface area contributed by atoms with E-state index in [9.17, 15) is 19.8 Å². The van der Waals surface area contributed by atoms with Crippen molar-refractivity contribution >= 4 is 16.9 Å². The fourth-order valence-electron chi connectivity index (χ4n) is 3.96. The number of hydrogen-bond donors (Lipinski definition) is 2. The van der Waals surface area contributed by atoms with Gasteiger partial charge in [-0.2, -0.15) is 0 Å². The summed E-state index contributed by atoms with van der Waals surface area (Å²) in [5.74, 6) is -0.711. The van der Waals surface area contributed by atoms with E-state index in [1.807, 2.05) is 0 Å². The van der Waals surface area contributed by atoms with Gasteiger partial charge in [0, 0.05) is 17.0 Å². The van der Waals surface area contributed by atoms with Gasteiger partial charge in [-0.25, -0.2) is 0 Å². The first kappa shape index (κ1) is 22.0. The number of carbonyl (C=O) groups is 1. The highest BCUT2D eigenvalue weighted by Crippen LogP contribution is 2.42. The van der Waals surface area contributed by atoms with Crippen LogP contribution in [-0.2, 0) is 9.53 Å². The number of rotatable bonds is 6. The number of carbonyl (C=O) groups excluding carboxylic acids is 1. The lowest BCUT2D eigenvalue weighted by molar-refractivity contribution is -0.140. The van der Waals surface area contributed by atoms with E-state index in [2.05, 4.69) is 0 Å². The molecular formula is C26H22O7. The van der Waals surface area contributed by atoms with Crippen LogP contribution in [0.2, 0.25) is 0 Å². The summed E-state index contributed by atoms with van der Waals surface area (Å²) < 4.78 is 16.3. The van der Waals surface area contributed by atoms with Gasteiger partial charge in [0.2, 0.25) is 5.43 Å². The number of hydrogen-bond acceptors (Lipinski definition) is 7. The highest BCUT2D eigenvalue weighted by Gasteiger charge is 2.28. The molecule has 3 aromatic carbocycles. The quantitative estimate of drug-likeness (QED) is 0.418. The minimum atomic E-state index is -0.694. The lowest BCUT2D eigenvalue weighted by Crippen LogP contribution is -2.13. The van der Waals surface area contributed by atoms with Gasteiger partial charge in [-0.1, -0.05) is 30.3 Å². The molecule has 4 aromatic rings. The normalized spacial score (nSPS) is 11.8. The Kier molecular flexibility index (Phi) is 6.04. The number of methoxy groups -OCH3 is 2. The van der Waals surface area contributed by atoms with Crippen LogP contribution < -0.4 is 10.2 Å². The minimum Gasteiger partial charge on any atom is -0.508 e. The van der Waals surface area contributed by atoms with Gasteiger partial charge in [0.05, 0.1) is 31.6 Å². The number of esters is 1. The maximum absolute atomic E-state index is 13.3. The van der Waals surface area contributed by atoms with Crippen LogP contribution in [0.3, 0.4) is 0 Å². The summed E-state index contributed by atoms with van der Waals surface area (Å²) in [6.45, 7) is 0. The van der Waals surface area contributed by atoms with Gasteiger partial charge >= 0.3 is 5.97 Å². The molecule has 0 saturated heterocycles. The van der Waals surface area contributed by atoms with E-state index in [4.69, 9.17) is 13.9 Å². The van der Waals surface area contributed by atoms with Gasteiger partial charge in [-0.05, 0) is 35.9 Å². The zero-order valence-electron chi connectivity index (χ0n) is 18.1. The summed E-state index contributed by atoms with van der Waals surface area (Å²) in [5, 5.41) is 20.6. The smallest absolute Gasteiger partial charge is 0.306 e. The monoisotopic (exact) mass is 446 g/mol. The van der Waals surface area contributed by atoms with Crippen molar-refractivity contribution < 1.29 is 28.9 Å². The Morgan fingerprint density at radius 2 is 1.73 bits per heavy atom. The van der Waals surface area contributed by atoms with Crippen molar-refractivity contribution in [1.82, 2.24) is 0 Å². The van der Waals surface area contributed by atoms with Crippen molar-refractivity contribution in [1.29, 1.82) is 0 Å². The van der Waals surface area contributed by atoms with E-state index in [0.717, 1.165) is 0 Å². The molecule has 2 N–H and O–H groups in total. The Bertz CT molecular complexity index is 1370. The second kappa shape index (κ2) is 9.08. The number of phenols is 2. The summed E-state index contributed by atoms with van der Waals surface area (Å²) in [6, 6.07) is 16.2. The number of para-hydroxylation sites is 1. The third-order valence-electron chi connectivity index (χ3n) is 5.60. The average Bonchev–Trinajstić information content (AvgIpc) is 2.83. The van der Waals surface area contributed by atoms with Crippen LogP contribution in [-0.4, -0.2) is 30.4 Å². The first-order valence-corrected chi connectivity index (χ1v) is 10.2. The fraction of sp³-hybridized carbons (Fsp3) is 0.154. The molecule has 1 heterocycles. The molecule has 168 valence electrons. The van der Waals surface area contributed by atoms with Crippen LogP contribution in [0.25, 0.3) is 22.1 Å². The fourth-order valence-corrected chi connectivity index (χ4v) is 3.96. The average molecular weight is 446 g/mol. The molecule has 0 fully saturated rings. The number of phenolic OH excluding ortho intramolecular Hbond substituents is 2. The predicted molar refractivity (Wildman–Crippen MR) is 123 cm³/mol. The Morgan fingerprint density at radius 3 is 2.42 bits per heavy atom. The molecular weight excluding hydrogens is 424 g/mol. The highest BCUT2D eigenvalue weighted by molar-refractivity contribution is 5.87. The molecule has 0 bridgehead atoms. The molecule has 33 heavy (non-hydrogen) atoms. The number of fused-ring (bicyclic) bond motifs is 1. The standard InChI is InChI=1S/C26H22O7/c1-31-22-6-4-3-5-17(22)19(13-23(29)32-2)24-21(28)12-11-18-25(30)20(14-33-26(18)24)15-7-9-16(27)10-8-15/h3-12,14,19,27-28H,13H2,1-2H3. The molecule has 7 nitrogen and oxygen atoms in total. The topological polar surface area (TPSA) is 106 Å². The Labute approximate surface area is 189 Å². The second-order valence-electron chi connectivity index (χ2n) is 7.48. The number of benzene rings is 3. The second-order valence-corrected chi connectivity index (χ2v) is 7.48. The maximum atomic E-state index is 13.3. The molecule has 0 saturated carbocycles. The van der Waals surface area contributed by atoms with Crippen molar-refractivity contribution in [3.63, 3.8) is 0 Å². The van der Waals surface area contributed by atoms with Crippen LogP contribution in [0.1, 0.15) is 23.5 Å². The molecule has 1 atom stereocenters. The molecule has 0 radical (unpaired) electrons. The minimum absolute atomic E-state index is 0.0820. The van der Waals surface area contributed by atoms with Crippen molar-refractivity contribution in [3.05, 3.63) is 88.3 Å². The van der Waals surface area contributed by atoms with Gasteiger partial charge in [-0.3, -0.25) is 9.59 Å². The van der Waals surface area contributed by atoms with E-state index in [1.54, 1.807) is 36.4 Å². The van der Waals surface area contributed by atoms with Crippen LogP contribution >= 0.6 is 0 Å². The molecule has 0 aliphatic heterocycles. The van der Waals surface area contributed by atoms with Gasteiger partial charge in [0.15, 0.2) is 0 Å². The largest absolute Gasteiger partial charge is 0.508 e. The third kappa shape index (κ3) is 4.13. The first-order valence-electron chi connectivity index (χ1n) is 10.2. The molecule has 0 amide bonds. The number of aromatic hydroxyl groups is 2. The zero-order valence-corrected chi connectivity index (χ0v) is 18.1. The zero-order chi connectivity index (χ0) is 23.5. The van der Waals surface area contributed by atoms with E-state index in [0.29, 0.717) is 22.4 Å². The van der Waals surface area contributed by atoms with Crippen molar-refractivity contribution in [3.8, 4) is 28.4 Å². The van der Waals surface area contributed by atoms with Crippen molar-refractivity contribution in [2.24, 2.45) is 0 Å². The van der Waals surface area contributed by atoms with Crippen molar-refractivity contribution in [2.75, 3.05) is 14.2 Å². The van der Waals surface area contributed by atoms with Gasteiger partial charge in [0.1, 0.15) is 29.1 Å². The lowest BCUT2D eigenvalue weighted by Gasteiger charge is -2.21. The van der Waals surface area contributed by atoms with Crippen LogP contribution in [0.4, 0.5) is 0 Å². The molecule has 0 spiro atoms. The summed E-state index contributed by atoms with van der Waals surface area (Å²) in [5.41, 5.74) is 1.67. The Hall–Kier alpha value is -4.26. The Morgan fingerprint density at radius 1 is 1.00 bits per heavy atom. The van der Waals surface area contributed by atoms with Gasteiger partial charge < -0.3 is 24.1 Å². The molecule has 7 heteroatoms. The third-order valence-corrected chi connectivity index (χ3v) is 5.60. The summed E-state index contributed by atoms with van der Waals surface area (Å²) in [6.07, 6.45) is 1.21. The first-order chi connectivity index (χ1) is 15.9. The van der Waals surface area contributed by atoms with Crippen LogP contribution in [0.5, 0.6) is 17.2 Å². The maximum Gasteiger partial charge on any atom is 0.306 e. The van der Waals surface area contributed by atoms with Crippen LogP contribution in [0, 0.1) is 0 Å².